The molecule has 1 aliphatic heterocycles. The molecule has 1 fully saturated rings. The Morgan fingerprint density at radius 2 is 1.73 bits per heavy atom. The number of carbonyl (C=O) groups excluding carboxylic acids is 1. The maximum atomic E-state index is 13.2. The first-order chi connectivity index (χ1) is 14.6. The molecule has 0 atom stereocenters. The lowest BCUT2D eigenvalue weighted by atomic mass is 10.1. The normalized spacial score (nSPS) is 14.2. The standard InChI is InChI=1S/C21H20F2N4O3/c22-18(23)20-25-24-19(30-20)16-8-6-15(7-9-16)14-27(17-4-2-1-3-5-17)21(28)26-10-12-29-13-11-26/h1-9,18H,10-14H2. The maximum absolute atomic E-state index is 13.2. The smallest absolute Gasteiger partial charge is 0.324 e. The second-order valence-corrected chi connectivity index (χ2v) is 6.75. The van der Waals surface area contributed by atoms with E-state index in [1.165, 1.54) is 0 Å². The van der Waals surface area contributed by atoms with Gasteiger partial charge in [-0.25, -0.2) is 4.79 Å². The number of hydrogen-bond acceptors (Lipinski definition) is 5. The van der Waals surface area contributed by atoms with Crippen LogP contribution < -0.4 is 4.90 Å². The Hall–Kier alpha value is -3.33. The molecule has 2 aromatic carbocycles. The van der Waals surface area contributed by atoms with Crippen LogP contribution in [0.3, 0.4) is 0 Å². The van der Waals surface area contributed by atoms with Crippen LogP contribution in [0, 0.1) is 0 Å². The minimum absolute atomic E-state index is 0.0289. The minimum atomic E-state index is -2.81. The van der Waals surface area contributed by atoms with Gasteiger partial charge in [0.1, 0.15) is 0 Å². The third-order valence-corrected chi connectivity index (χ3v) is 4.75. The van der Waals surface area contributed by atoms with Crippen LogP contribution in [-0.2, 0) is 11.3 Å². The van der Waals surface area contributed by atoms with Crippen molar-refractivity contribution in [3.8, 4) is 11.5 Å². The molecule has 4 rings (SSSR count). The number of rotatable bonds is 5. The summed E-state index contributed by atoms with van der Waals surface area (Å²) in [6.45, 7) is 2.49. The number of urea groups is 1. The van der Waals surface area contributed by atoms with Gasteiger partial charge < -0.3 is 14.1 Å². The zero-order valence-corrected chi connectivity index (χ0v) is 16.1. The van der Waals surface area contributed by atoms with Crippen LogP contribution in [0.1, 0.15) is 17.9 Å². The summed E-state index contributed by atoms with van der Waals surface area (Å²) in [5.41, 5.74) is 2.19. The van der Waals surface area contributed by atoms with Crippen LogP contribution in [0.4, 0.5) is 19.3 Å². The van der Waals surface area contributed by atoms with Gasteiger partial charge in [0.05, 0.1) is 19.8 Å². The Morgan fingerprint density at radius 1 is 1.03 bits per heavy atom. The summed E-state index contributed by atoms with van der Waals surface area (Å²) in [4.78, 5) is 16.6. The number of halogens is 2. The topological polar surface area (TPSA) is 71.7 Å². The van der Waals surface area contributed by atoms with Crippen molar-refractivity contribution in [3.63, 3.8) is 0 Å². The number of para-hydroxylation sites is 1. The lowest BCUT2D eigenvalue weighted by Crippen LogP contribution is -2.48. The Labute approximate surface area is 171 Å². The predicted octanol–water partition coefficient (Wildman–Crippen LogP) is 4.13. The van der Waals surface area contributed by atoms with Crippen LogP contribution in [0.15, 0.2) is 59.0 Å². The lowest BCUT2D eigenvalue weighted by molar-refractivity contribution is 0.0548. The van der Waals surface area contributed by atoms with Crippen molar-refractivity contribution in [1.29, 1.82) is 0 Å². The summed E-state index contributed by atoms with van der Waals surface area (Å²) < 4.78 is 35.6. The monoisotopic (exact) mass is 414 g/mol. The van der Waals surface area contributed by atoms with Gasteiger partial charge in [-0.1, -0.05) is 30.3 Å². The molecule has 0 radical (unpaired) electrons. The van der Waals surface area contributed by atoms with E-state index < -0.39 is 12.3 Å². The molecule has 0 unspecified atom stereocenters. The molecule has 2 amide bonds. The zero-order chi connectivity index (χ0) is 20.9. The molecule has 9 heteroatoms. The number of ether oxygens (including phenoxy) is 1. The Kier molecular flexibility index (Phi) is 5.99. The van der Waals surface area contributed by atoms with E-state index in [2.05, 4.69) is 10.2 Å². The summed E-state index contributed by atoms with van der Waals surface area (Å²) in [5, 5.41) is 7.00. The highest BCUT2D eigenvalue weighted by atomic mass is 19.3. The van der Waals surface area contributed by atoms with Crippen molar-refractivity contribution in [2.75, 3.05) is 31.2 Å². The number of nitrogens with zero attached hydrogens (tertiary/aromatic N) is 4. The van der Waals surface area contributed by atoms with Gasteiger partial charge >= 0.3 is 12.5 Å². The molecule has 30 heavy (non-hydrogen) atoms. The number of anilines is 1. The van der Waals surface area contributed by atoms with Gasteiger partial charge in [-0.15, -0.1) is 10.2 Å². The molecular weight excluding hydrogens is 394 g/mol. The van der Waals surface area contributed by atoms with Crippen LogP contribution in [-0.4, -0.2) is 47.4 Å². The molecular formula is C21H20F2N4O3. The fourth-order valence-electron chi connectivity index (χ4n) is 3.18. The molecule has 7 nitrogen and oxygen atoms in total. The number of morpholine rings is 1. The molecule has 1 saturated heterocycles. The fraction of sp³-hybridized carbons (Fsp3) is 0.286. The van der Waals surface area contributed by atoms with Crippen molar-refractivity contribution < 1.29 is 22.7 Å². The molecule has 0 aliphatic carbocycles. The molecule has 1 aromatic heterocycles. The van der Waals surface area contributed by atoms with Crippen LogP contribution in [0.25, 0.3) is 11.5 Å². The Bertz CT molecular complexity index is 973. The summed E-state index contributed by atoms with van der Waals surface area (Å²) >= 11 is 0. The number of alkyl halides is 2. The van der Waals surface area contributed by atoms with Crippen molar-refractivity contribution in [1.82, 2.24) is 15.1 Å². The zero-order valence-electron chi connectivity index (χ0n) is 16.1. The fourth-order valence-corrected chi connectivity index (χ4v) is 3.18. The highest BCUT2D eigenvalue weighted by molar-refractivity contribution is 5.92. The average molecular weight is 414 g/mol. The maximum Gasteiger partial charge on any atom is 0.324 e. The van der Waals surface area contributed by atoms with E-state index in [1.54, 1.807) is 21.9 Å². The third-order valence-electron chi connectivity index (χ3n) is 4.75. The van der Waals surface area contributed by atoms with E-state index in [-0.39, 0.29) is 11.9 Å². The molecule has 156 valence electrons. The van der Waals surface area contributed by atoms with Gasteiger partial charge in [-0.05, 0) is 29.8 Å². The van der Waals surface area contributed by atoms with Gasteiger partial charge in [0, 0.05) is 24.3 Å². The highest BCUT2D eigenvalue weighted by Crippen LogP contribution is 2.25. The second kappa shape index (κ2) is 9.00. The summed E-state index contributed by atoms with van der Waals surface area (Å²) in [6.07, 6.45) is -2.81. The second-order valence-electron chi connectivity index (χ2n) is 6.75. The van der Waals surface area contributed by atoms with Gasteiger partial charge in [-0.3, -0.25) is 4.90 Å². The molecule has 0 bridgehead atoms. The number of carbonyl (C=O) groups is 1. The van der Waals surface area contributed by atoms with E-state index in [1.807, 2.05) is 42.5 Å². The number of hydrogen-bond donors (Lipinski definition) is 0. The van der Waals surface area contributed by atoms with Gasteiger partial charge in [-0.2, -0.15) is 8.78 Å². The first-order valence-corrected chi connectivity index (χ1v) is 9.52. The molecule has 0 saturated carbocycles. The van der Waals surface area contributed by atoms with E-state index >= 15 is 0 Å². The molecule has 0 spiro atoms. The number of benzene rings is 2. The summed E-state index contributed by atoms with van der Waals surface area (Å²) in [6, 6.07) is 16.4. The SMILES string of the molecule is O=C(N1CCOCC1)N(Cc1ccc(-c2nnc(C(F)F)o2)cc1)c1ccccc1. The number of aromatic nitrogens is 2. The van der Waals surface area contributed by atoms with Crippen molar-refractivity contribution in [3.05, 3.63) is 66.1 Å². The quantitative estimate of drug-likeness (QED) is 0.628. The molecule has 2 heterocycles. The van der Waals surface area contributed by atoms with Crippen LogP contribution in [0.2, 0.25) is 0 Å². The first kappa shape index (κ1) is 20.0. The van der Waals surface area contributed by atoms with E-state index in [9.17, 15) is 13.6 Å². The Balaban J connectivity index is 1.54. The average Bonchev–Trinajstić information content (AvgIpc) is 3.29. The largest absolute Gasteiger partial charge is 0.415 e. The summed E-state index contributed by atoms with van der Waals surface area (Å²) in [5.74, 6) is -0.679. The van der Waals surface area contributed by atoms with Crippen molar-refractivity contribution in [2.45, 2.75) is 13.0 Å². The molecule has 3 aromatic rings. The molecule has 0 N–H and O–H groups in total. The van der Waals surface area contributed by atoms with E-state index in [0.29, 0.717) is 38.4 Å². The minimum Gasteiger partial charge on any atom is -0.415 e. The van der Waals surface area contributed by atoms with Crippen LogP contribution in [0.5, 0.6) is 0 Å². The first-order valence-electron chi connectivity index (χ1n) is 9.52. The predicted molar refractivity (Wildman–Crippen MR) is 105 cm³/mol. The van der Waals surface area contributed by atoms with Gasteiger partial charge in [0.2, 0.25) is 5.89 Å². The van der Waals surface area contributed by atoms with Crippen molar-refractivity contribution in [2.24, 2.45) is 0 Å². The highest BCUT2D eigenvalue weighted by Gasteiger charge is 2.24. The third kappa shape index (κ3) is 4.46. The van der Waals surface area contributed by atoms with Gasteiger partial charge in [0.15, 0.2) is 0 Å². The lowest BCUT2D eigenvalue weighted by Gasteiger charge is -2.33. The van der Waals surface area contributed by atoms with Gasteiger partial charge in [0.25, 0.3) is 5.89 Å². The number of amides is 2. The Morgan fingerprint density at radius 3 is 2.37 bits per heavy atom. The van der Waals surface area contributed by atoms with E-state index in [4.69, 9.17) is 9.15 Å². The van der Waals surface area contributed by atoms with E-state index in [0.717, 1.165) is 11.3 Å². The van der Waals surface area contributed by atoms with Crippen molar-refractivity contribution >= 4 is 11.7 Å². The molecule has 1 aliphatic rings. The summed E-state index contributed by atoms with van der Waals surface area (Å²) in [7, 11) is 0. The van der Waals surface area contributed by atoms with Crippen LogP contribution >= 0.6 is 0 Å².